The van der Waals surface area contributed by atoms with Gasteiger partial charge < -0.3 is 0 Å². The zero-order valence-electron chi connectivity index (χ0n) is 16.6. The van der Waals surface area contributed by atoms with Crippen LogP contribution in [0.4, 0.5) is 5.69 Å². The highest BCUT2D eigenvalue weighted by molar-refractivity contribution is 9.10. The third-order valence-corrected chi connectivity index (χ3v) is 6.36. The molecule has 0 saturated heterocycles. The van der Waals surface area contributed by atoms with Gasteiger partial charge in [-0.15, -0.1) is 0 Å². The quantitative estimate of drug-likeness (QED) is 0.373. The van der Waals surface area contributed by atoms with Gasteiger partial charge in [-0.2, -0.15) is 20.2 Å². The monoisotopic (exact) mass is 508 g/mol. The molecular formula is C23H14BrClN4O3. The molecule has 0 unspecified atom stereocenters. The Labute approximate surface area is 196 Å². The van der Waals surface area contributed by atoms with E-state index in [9.17, 15) is 14.4 Å². The molecule has 0 spiro atoms. The van der Waals surface area contributed by atoms with Crippen LogP contribution in [0.5, 0.6) is 0 Å². The van der Waals surface area contributed by atoms with Gasteiger partial charge in [0.25, 0.3) is 17.7 Å². The number of carbonyl (C=O) groups is 3. The Kier molecular flexibility index (Phi) is 4.91. The number of anilines is 1. The maximum absolute atomic E-state index is 13.0. The number of imide groups is 1. The van der Waals surface area contributed by atoms with Crippen LogP contribution in [0, 0.1) is 5.92 Å². The third kappa shape index (κ3) is 3.14. The van der Waals surface area contributed by atoms with Crippen LogP contribution < -0.4 is 5.01 Å². The van der Waals surface area contributed by atoms with Crippen molar-refractivity contribution in [1.82, 2.24) is 5.01 Å². The van der Waals surface area contributed by atoms with Gasteiger partial charge in [-0.3, -0.25) is 14.4 Å². The number of hydrogen-bond acceptors (Lipinski definition) is 5. The van der Waals surface area contributed by atoms with Gasteiger partial charge in [-0.05, 0) is 54.8 Å². The van der Waals surface area contributed by atoms with E-state index in [-0.39, 0.29) is 5.91 Å². The van der Waals surface area contributed by atoms with E-state index in [1.165, 1.54) is 11.2 Å². The molecule has 2 heterocycles. The Morgan fingerprint density at radius 1 is 1.00 bits per heavy atom. The van der Waals surface area contributed by atoms with Gasteiger partial charge in [0.05, 0.1) is 22.5 Å². The lowest BCUT2D eigenvalue weighted by molar-refractivity contribution is -0.118. The topological polar surface area (TPSA) is 82.4 Å². The maximum Gasteiger partial charge on any atom is 0.282 e. The van der Waals surface area contributed by atoms with Crippen molar-refractivity contribution in [2.24, 2.45) is 16.1 Å². The van der Waals surface area contributed by atoms with Gasteiger partial charge in [0.1, 0.15) is 5.92 Å². The van der Waals surface area contributed by atoms with E-state index < -0.39 is 17.7 Å². The number of halogens is 2. The normalized spacial score (nSPS) is 18.3. The summed E-state index contributed by atoms with van der Waals surface area (Å²) < 4.78 is 0.793. The van der Waals surface area contributed by atoms with E-state index in [0.717, 1.165) is 14.9 Å². The average molecular weight is 510 g/mol. The number of amides is 3. The van der Waals surface area contributed by atoms with Gasteiger partial charge in [0.15, 0.2) is 0 Å². The predicted molar refractivity (Wildman–Crippen MR) is 126 cm³/mol. The fourth-order valence-corrected chi connectivity index (χ4v) is 4.39. The smallest absolute Gasteiger partial charge is 0.271 e. The zero-order valence-corrected chi connectivity index (χ0v) is 19.0. The van der Waals surface area contributed by atoms with Crippen LogP contribution in [-0.2, 0) is 4.79 Å². The van der Waals surface area contributed by atoms with Crippen molar-refractivity contribution in [2.75, 3.05) is 5.01 Å². The summed E-state index contributed by atoms with van der Waals surface area (Å²) in [5, 5.41) is 12.4. The SMILES string of the molecule is CC1=NN(c2ccc(Cl)cc2)C(=O)[C@@H]1/C=N\N1C(=O)c2cccc3c(Br)ccc(c23)C1=O. The molecule has 0 aliphatic carbocycles. The van der Waals surface area contributed by atoms with Crippen molar-refractivity contribution in [3.8, 4) is 0 Å². The molecule has 0 fully saturated rings. The number of benzene rings is 3. The molecule has 0 saturated carbocycles. The second-order valence-electron chi connectivity index (χ2n) is 7.36. The molecule has 2 aliphatic heterocycles. The van der Waals surface area contributed by atoms with Gasteiger partial charge in [-0.1, -0.05) is 39.7 Å². The summed E-state index contributed by atoms with van der Waals surface area (Å²) in [5.74, 6) is -2.22. The highest BCUT2D eigenvalue weighted by atomic mass is 79.9. The molecule has 0 radical (unpaired) electrons. The van der Waals surface area contributed by atoms with E-state index in [1.807, 2.05) is 6.07 Å². The summed E-state index contributed by atoms with van der Waals surface area (Å²) in [4.78, 5) is 39.0. The molecule has 0 bridgehead atoms. The van der Waals surface area contributed by atoms with Crippen LogP contribution in [0.25, 0.3) is 10.8 Å². The number of nitrogens with zero attached hydrogens (tertiary/aromatic N) is 4. The molecule has 32 heavy (non-hydrogen) atoms. The molecule has 5 rings (SSSR count). The van der Waals surface area contributed by atoms with E-state index in [1.54, 1.807) is 55.5 Å². The lowest BCUT2D eigenvalue weighted by Crippen LogP contribution is -2.37. The van der Waals surface area contributed by atoms with Crippen molar-refractivity contribution in [3.05, 3.63) is 75.2 Å². The molecular weight excluding hydrogens is 496 g/mol. The molecule has 2 aliphatic rings. The van der Waals surface area contributed by atoms with Crippen LogP contribution in [0.1, 0.15) is 27.6 Å². The fraction of sp³-hybridized carbons (Fsp3) is 0.0870. The predicted octanol–water partition coefficient (Wildman–Crippen LogP) is 4.88. The van der Waals surface area contributed by atoms with Crippen molar-refractivity contribution < 1.29 is 14.4 Å². The lowest BCUT2D eigenvalue weighted by atomic mass is 9.95. The molecule has 3 aromatic rings. The molecule has 0 aromatic heterocycles. The highest BCUT2D eigenvalue weighted by Crippen LogP contribution is 2.34. The largest absolute Gasteiger partial charge is 0.282 e. The van der Waals surface area contributed by atoms with Crippen LogP contribution in [-0.4, -0.2) is 34.7 Å². The van der Waals surface area contributed by atoms with Crippen molar-refractivity contribution in [2.45, 2.75) is 6.92 Å². The van der Waals surface area contributed by atoms with E-state index in [4.69, 9.17) is 11.6 Å². The molecule has 158 valence electrons. The average Bonchev–Trinajstić information content (AvgIpc) is 3.07. The minimum absolute atomic E-state index is 0.336. The maximum atomic E-state index is 13.0. The fourth-order valence-electron chi connectivity index (χ4n) is 3.80. The van der Waals surface area contributed by atoms with Crippen molar-refractivity contribution in [3.63, 3.8) is 0 Å². The van der Waals surface area contributed by atoms with Crippen LogP contribution >= 0.6 is 27.5 Å². The van der Waals surface area contributed by atoms with E-state index in [2.05, 4.69) is 26.1 Å². The van der Waals surface area contributed by atoms with Crippen molar-refractivity contribution in [1.29, 1.82) is 0 Å². The van der Waals surface area contributed by atoms with Gasteiger partial charge >= 0.3 is 0 Å². The van der Waals surface area contributed by atoms with Crippen LogP contribution in [0.3, 0.4) is 0 Å². The lowest BCUT2D eigenvalue weighted by Gasteiger charge is -2.23. The van der Waals surface area contributed by atoms with Gasteiger partial charge in [0.2, 0.25) is 0 Å². The molecule has 3 amide bonds. The summed E-state index contributed by atoms with van der Waals surface area (Å²) in [6, 6.07) is 15.4. The van der Waals surface area contributed by atoms with Crippen LogP contribution in [0.2, 0.25) is 5.02 Å². The van der Waals surface area contributed by atoms with Crippen molar-refractivity contribution >= 4 is 73.6 Å². The number of hydrazone groups is 2. The minimum Gasteiger partial charge on any atom is -0.271 e. The summed E-state index contributed by atoms with van der Waals surface area (Å²) in [6.07, 6.45) is 1.29. The zero-order chi connectivity index (χ0) is 22.6. The second-order valence-corrected chi connectivity index (χ2v) is 8.65. The summed E-state index contributed by atoms with van der Waals surface area (Å²) in [5.41, 5.74) is 1.81. The Hall–Kier alpha value is -3.36. The van der Waals surface area contributed by atoms with Crippen LogP contribution in [0.15, 0.2) is 69.3 Å². The summed E-state index contributed by atoms with van der Waals surface area (Å²) in [6.45, 7) is 1.69. The Bertz CT molecular complexity index is 1360. The first-order valence-electron chi connectivity index (χ1n) is 9.65. The standard InChI is InChI=1S/C23H14BrClN4O3/c1-12-18(23(32)28(27-12)14-7-5-13(25)6-8-14)11-26-29-21(30)16-4-2-3-15-19(24)10-9-17(20(15)16)22(29)31/h2-11,18H,1H3/b26-11-/t18-/m1/s1. The first-order chi connectivity index (χ1) is 15.4. The second kappa shape index (κ2) is 7.65. The molecule has 7 nitrogen and oxygen atoms in total. The Balaban J connectivity index is 1.46. The Morgan fingerprint density at radius 3 is 2.41 bits per heavy atom. The number of rotatable bonds is 3. The van der Waals surface area contributed by atoms with E-state index in [0.29, 0.717) is 32.9 Å². The Morgan fingerprint density at radius 2 is 1.69 bits per heavy atom. The van der Waals surface area contributed by atoms with Gasteiger partial charge in [-0.25, -0.2) is 0 Å². The van der Waals surface area contributed by atoms with Gasteiger partial charge in [0, 0.05) is 21.1 Å². The molecule has 3 aromatic carbocycles. The molecule has 1 atom stereocenters. The molecule has 0 N–H and O–H groups in total. The first kappa shape index (κ1) is 20.5. The number of carbonyl (C=O) groups excluding carboxylic acids is 3. The first-order valence-corrected chi connectivity index (χ1v) is 10.8. The third-order valence-electron chi connectivity index (χ3n) is 5.42. The highest BCUT2D eigenvalue weighted by Gasteiger charge is 2.36. The number of hydrogen-bond donors (Lipinski definition) is 0. The summed E-state index contributed by atoms with van der Waals surface area (Å²) >= 11 is 9.38. The molecule has 9 heteroatoms. The van der Waals surface area contributed by atoms with E-state index >= 15 is 0 Å². The minimum atomic E-state index is -0.798. The summed E-state index contributed by atoms with van der Waals surface area (Å²) in [7, 11) is 0.